The molecule has 604 valence electrons. The van der Waals surface area contributed by atoms with Crippen LogP contribution >= 0.6 is 58.0 Å². The molecule has 118 heavy (non-hydrogen) atoms. The number of benzene rings is 8. The van der Waals surface area contributed by atoms with Gasteiger partial charge in [0.25, 0.3) is 0 Å². The Bertz CT molecular complexity index is 6200. The molecular formula is C84H53Cl5F14N8O7. The standard InChI is InChI=1S/C21H13Cl2F3N2O2.C21H13ClF4N2O2.C21H13ClF4N2O.C21H14ClF3N2O2/c1-11-19(12-2-5-14(22)6-3-12)28-20(27-11)18-9-8-16(29-18)13-4-7-17(15(23)10-13)30-21(24,25)26;1-11-19(12-2-4-13(23)5-3-12)28-20(27-11)18-9-8-17(29-18)15-7-6-14(10-16(15)22)30-21(24,25)26;1-11-19(12-2-5-14(23)6-3-12)28-20(27-11)18-9-8-17(29-18)13-4-7-15(16(22)10-13)21(24,25)26;1-12-19(14-2-6-15(22)7-3-14)27-20(26-12)18-11-10-17(28-18)13-4-8-16(9-5-13)29-21(23,24)25/h2*2-10H,1H3,(H,27,28);2-10H,1H3,(H,27,28);2-11H,1H3,(H,26,27). The molecule has 4 N–H and O–H groups in total. The van der Waals surface area contributed by atoms with E-state index in [1.54, 1.807) is 97.1 Å². The van der Waals surface area contributed by atoms with Gasteiger partial charge in [-0.15, -0.1) is 39.5 Å². The van der Waals surface area contributed by atoms with Gasteiger partial charge in [-0.3, -0.25) is 0 Å². The summed E-state index contributed by atoms with van der Waals surface area (Å²) in [4.78, 5) is 30.8. The molecule has 0 aliphatic carbocycles. The van der Waals surface area contributed by atoms with Gasteiger partial charge in [0.15, 0.2) is 46.3 Å². The number of aromatic nitrogens is 8. The SMILES string of the molecule is Cc1[nH]c(-c2ccc(-c3ccc(C(F)(F)F)c(Cl)c3)o2)nc1-c1ccc(F)cc1.Cc1[nH]c(-c2ccc(-c3ccc(OC(F)(F)F)c(Cl)c3)o2)nc1-c1ccc(Cl)cc1.Cc1[nH]c(-c2ccc(-c3ccc(OC(F)(F)F)cc3)o2)nc1-c1ccc(Cl)cc1.Cc1[nH]c(-c2ccc(-c3ccc(OC(F)(F)F)cc3Cl)o2)nc1-c1ccc(F)cc1. The van der Waals surface area contributed by atoms with E-state index in [0.717, 1.165) is 80.7 Å². The van der Waals surface area contributed by atoms with Gasteiger partial charge < -0.3 is 51.8 Å². The molecule has 8 aromatic carbocycles. The van der Waals surface area contributed by atoms with Crippen molar-refractivity contribution in [2.24, 2.45) is 0 Å². The number of furan rings is 4. The van der Waals surface area contributed by atoms with Crippen LogP contribution in [0.25, 0.3) is 137 Å². The normalized spacial score (nSPS) is 11.7. The average molecular weight is 1730 g/mol. The minimum absolute atomic E-state index is 0.0419. The number of H-pyrrole nitrogens is 4. The summed E-state index contributed by atoms with van der Waals surface area (Å²) in [5.74, 6) is 3.54. The Labute approximate surface area is 683 Å². The van der Waals surface area contributed by atoms with Gasteiger partial charge in [-0.1, -0.05) is 88.3 Å². The number of halogens is 19. The Kier molecular flexibility index (Phi) is 24.4. The molecule has 0 aliphatic rings. The van der Waals surface area contributed by atoms with Crippen LogP contribution in [0.2, 0.25) is 25.1 Å². The predicted molar refractivity (Wildman–Crippen MR) is 418 cm³/mol. The summed E-state index contributed by atoms with van der Waals surface area (Å²) in [6, 6.07) is 56.4. The van der Waals surface area contributed by atoms with Gasteiger partial charge >= 0.3 is 25.3 Å². The van der Waals surface area contributed by atoms with E-state index in [9.17, 15) is 61.5 Å². The number of nitrogens with zero attached hydrogens (tertiary/aromatic N) is 4. The molecule has 0 fully saturated rings. The fourth-order valence-corrected chi connectivity index (χ4v) is 12.8. The van der Waals surface area contributed by atoms with E-state index >= 15 is 0 Å². The zero-order valence-corrected chi connectivity index (χ0v) is 64.5. The summed E-state index contributed by atoms with van der Waals surface area (Å²) in [6.07, 6.45) is -18.9. The van der Waals surface area contributed by atoms with Gasteiger partial charge in [0.2, 0.25) is 0 Å². The highest BCUT2D eigenvalue weighted by Gasteiger charge is 2.36. The first kappa shape index (κ1) is 83.5. The molecular weight excluding hydrogens is 1680 g/mol. The van der Waals surface area contributed by atoms with Gasteiger partial charge in [-0.2, -0.15) is 13.2 Å². The number of alkyl halides is 12. The summed E-state index contributed by atoms with van der Waals surface area (Å²) in [7, 11) is 0. The fraction of sp³-hybridized carbons (Fsp3) is 0.0952. The summed E-state index contributed by atoms with van der Waals surface area (Å²) >= 11 is 29.7. The number of hydrogen-bond donors (Lipinski definition) is 4. The first-order valence-electron chi connectivity index (χ1n) is 34.5. The van der Waals surface area contributed by atoms with Crippen molar-refractivity contribution in [3.63, 3.8) is 0 Å². The van der Waals surface area contributed by atoms with Crippen LogP contribution in [0.3, 0.4) is 0 Å². The van der Waals surface area contributed by atoms with Crippen molar-refractivity contribution in [2.75, 3.05) is 0 Å². The highest BCUT2D eigenvalue weighted by molar-refractivity contribution is 6.33. The van der Waals surface area contributed by atoms with E-state index in [0.29, 0.717) is 113 Å². The zero-order valence-electron chi connectivity index (χ0n) is 60.7. The Balaban J connectivity index is 0.000000136. The maximum atomic E-state index is 13.2. The number of imidazole rings is 4. The molecule has 34 heteroatoms. The lowest BCUT2D eigenvalue weighted by Gasteiger charge is -2.10. The topological polar surface area (TPSA) is 195 Å². The highest BCUT2D eigenvalue weighted by Crippen LogP contribution is 2.43. The third-order valence-corrected chi connectivity index (χ3v) is 18.6. The van der Waals surface area contributed by atoms with Crippen LogP contribution in [0, 0.1) is 39.3 Å². The molecule has 16 aromatic rings. The lowest BCUT2D eigenvalue weighted by Crippen LogP contribution is -2.17. The lowest BCUT2D eigenvalue weighted by molar-refractivity contribution is -0.275. The monoisotopic (exact) mass is 1730 g/mol. The molecule has 0 saturated carbocycles. The summed E-state index contributed by atoms with van der Waals surface area (Å²) in [5.41, 5.74) is 10.4. The smallest absolute Gasteiger partial charge is 0.453 e. The van der Waals surface area contributed by atoms with Gasteiger partial charge in [-0.25, -0.2) is 28.7 Å². The highest BCUT2D eigenvalue weighted by atomic mass is 35.5. The van der Waals surface area contributed by atoms with E-state index < -0.39 is 47.3 Å². The molecule has 0 bridgehead atoms. The molecule has 0 radical (unpaired) electrons. The molecule has 16 rings (SSSR count). The van der Waals surface area contributed by atoms with E-state index in [1.807, 2.05) is 52.0 Å². The van der Waals surface area contributed by atoms with Crippen molar-refractivity contribution >= 4 is 58.0 Å². The predicted octanol–water partition coefficient (Wildman–Crippen LogP) is 28.5. The molecule has 0 atom stereocenters. The molecule has 0 unspecified atom stereocenters. The molecule has 0 saturated heterocycles. The molecule has 0 spiro atoms. The van der Waals surface area contributed by atoms with Crippen LogP contribution in [0.4, 0.5) is 61.5 Å². The van der Waals surface area contributed by atoms with Crippen LogP contribution in [-0.2, 0) is 6.18 Å². The third kappa shape index (κ3) is 20.7. The zero-order chi connectivity index (χ0) is 84.3. The number of nitrogens with one attached hydrogen (secondary N) is 4. The molecule has 8 aromatic heterocycles. The quantitative estimate of drug-likeness (QED) is 0.0713. The van der Waals surface area contributed by atoms with Crippen LogP contribution in [0.1, 0.15) is 28.3 Å². The number of rotatable bonds is 15. The second kappa shape index (κ2) is 34.4. The Morgan fingerprint density at radius 2 is 0.593 bits per heavy atom. The van der Waals surface area contributed by atoms with Gasteiger partial charge in [0.1, 0.15) is 51.9 Å². The maximum Gasteiger partial charge on any atom is 0.573 e. The van der Waals surface area contributed by atoms with Gasteiger partial charge in [0.05, 0.1) is 43.4 Å². The average Bonchev–Trinajstić information content (AvgIpc) is 1.64. The number of hydrogen-bond acceptors (Lipinski definition) is 11. The van der Waals surface area contributed by atoms with Crippen molar-refractivity contribution in [1.29, 1.82) is 0 Å². The van der Waals surface area contributed by atoms with Crippen LogP contribution < -0.4 is 14.2 Å². The Morgan fingerprint density at radius 3 is 0.949 bits per heavy atom. The lowest BCUT2D eigenvalue weighted by atomic mass is 10.1. The first-order chi connectivity index (χ1) is 55.9. The van der Waals surface area contributed by atoms with E-state index in [2.05, 4.69) is 54.1 Å². The minimum Gasteiger partial charge on any atom is -0.453 e. The molecule has 8 heterocycles. The molecule has 0 amide bonds. The summed E-state index contributed by atoms with van der Waals surface area (Å²) < 4.78 is 211. The number of aryl methyl sites for hydroxylation is 4. The third-order valence-electron chi connectivity index (χ3n) is 17.2. The second-order valence-electron chi connectivity index (χ2n) is 25.6. The largest absolute Gasteiger partial charge is 0.573 e. The van der Waals surface area contributed by atoms with Crippen LogP contribution in [-0.4, -0.2) is 59.0 Å². The molecule has 0 aliphatic heterocycles. The number of ether oxygens (including phenoxy) is 3. The second-order valence-corrected chi connectivity index (χ2v) is 27.7. The van der Waals surface area contributed by atoms with Crippen molar-refractivity contribution in [3.05, 3.63) is 290 Å². The fourth-order valence-electron chi connectivity index (χ4n) is 11.8. The van der Waals surface area contributed by atoms with E-state index in [4.69, 9.17) is 75.7 Å². The van der Waals surface area contributed by atoms with Gasteiger partial charge in [-0.05, 0) is 222 Å². The minimum atomic E-state index is -4.82. The van der Waals surface area contributed by atoms with Crippen molar-refractivity contribution in [2.45, 2.75) is 53.0 Å². The van der Waals surface area contributed by atoms with Crippen molar-refractivity contribution in [3.8, 4) is 154 Å². The summed E-state index contributed by atoms with van der Waals surface area (Å²) in [5, 5.41) is 0.736. The van der Waals surface area contributed by atoms with Crippen LogP contribution in [0.15, 0.2) is 242 Å². The first-order valence-corrected chi connectivity index (χ1v) is 36.3. The van der Waals surface area contributed by atoms with Gasteiger partial charge in [0, 0.05) is 77.3 Å². The Morgan fingerprint density at radius 1 is 0.288 bits per heavy atom. The van der Waals surface area contributed by atoms with Crippen molar-refractivity contribution in [1.82, 2.24) is 39.9 Å². The van der Waals surface area contributed by atoms with E-state index in [-0.39, 0.29) is 27.4 Å². The number of aromatic amines is 4. The summed E-state index contributed by atoms with van der Waals surface area (Å²) in [6.45, 7) is 7.46. The van der Waals surface area contributed by atoms with Crippen molar-refractivity contribution < 1.29 is 93.3 Å². The molecule has 15 nitrogen and oxygen atoms in total. The maximum absolute atomic E-state index is 13.2. The van der Waals surface area contributed by atoms with Crippen LogP contribution in [0.5, 0.6) is 17.2 Å². The Hall–Kier alpha value is -12.4. The van der Waals surface area contributed by atoms with E-state index in [1.165, 1.54) is 78.9 Å².